The van der Waals surface area contributed by atoms with Crippen LogP contribution in [0.15, 0.2) is 36.4 Å². The summed E-state index contributed by atoms with van der Waals surface area (Å²) < 4.78 is 20.7. The molecule has 2 aliphatic rings. The number of carbonyl (C=O) groups excluding carboxylic acids is 2. The molecule has 1 saturated carbocycles. The number of hydrogen-bond donors (Lipinski definition) is 3. The van der Waals surface area contributed by atoms with Gasteiger partial charge in [0.15, 0.2) is 0 Å². The zero-order valence-electron chi connectivity index (χ0n) is 22.8. The molecular formula is C30H37Cl2FN2O4. The summed E-state index contributed by atoms with van der Waals surface area (Å²) in [5.74, 6) is -1.40. The Labute approximate surface area is 239 Å². The molecule has 1 heterocycles. The van der Waals surface area contributed by atoms with Crippen LogP contribution in [0.3, 0.4) is 0 Å². The maximum absolute atomic E-state index is 15.1. The van der Waals surface area contributed by atoms with Crippen LogP contribution in [0, 0.1) is 11.2 Å². The minimum atomic E-state index is -1.39. The molecule has 1 saturated heterocycles. The highest BCUT2D eigenvalue weighted by Crippen LogP contribution is 2.53. The molecule has 39 heavy (non-hydrogen) atoms. The van der Waals surface area contributed by atoms with E-state index in [4.69, 9.17) is 27.9 Å². The molecule has 3 N–H and O–H groups in total. The Hall–Kier alpha value is -2.19. The highest BCUT2D eigenvalue weighted by molar-refractivity contribution is 6.31. The summed E-state index contributed by atoms with van der Waals surface area (Å²) in [5, 5.41) is 16.9. The third-order valence-corrected chi connectivity index (χ3v) is 8.58. The van der Waals surface area contributed by atoms with E-state index in [1.54, 1.807) is 18.2 Å². The number of ether oxygens (including phenoxy) is 1. The van der Waals surface area contributed by atoms with Crippen LogP contribution in [-0.2, 0) is 15.0 Å². The Bertz CT molecular complexity index is 1210. The smallest absolute Gasteiger partial charge is 0.238 e. The predicted octanol–water partition coefficient (Wildman–Crippen LogP) is 5.56. The van der Waals surface area contributed by atoms with Gasteiger partial charge in [-0.05, 0) is 61.3 Å². The lowest BCUT2D eigenvalue weighted by Crippen LogP contribution is -2.49. The van der Waals surface area contributed by atoms with Gasteiger partial charge in [-0.3, -0.25) is 4.79 Å². The number of carbonyl (C=O) groups is 2. The normalized spacial score (nSPS) is 29.2. The fourth-order valence-corrected chi connectivity index (χ4v) is 6.65. The van der Waals surface area contributed by atoms with Gasteiger partial charge in [0.1, 0.15) is 17.9 Å². The predicted molar refractivity (Wildman–Crippen MR) is 151 cm³/mol. The van der Waals surface area contributed by atoms with Gasteiger partial charge in [0, 0.05) is 34.7 Å². The summed E-state index contributed by atoms with van der Waals surface area (Å²) in [6.45, 7) is 6.16. The summed E-state index contributed by atoms with van der Waals surface area (Å²) in [6.07, 6.45) is 3.56. The van der Waals surface area contributed by atoms with Crippen molar-refractivity contribution in [3.63, 3.8) is 0 Å². The first-order valence-electron chi connectivity index (χ1n) is 13.4. The number of nitrogens with one attached hydrogen (secondary N) is 2. The molecule has 4 rings (SSSR count). The first-order chi connectivity index (χ1) is 18.4. The van der Waals surface area contributed by atoms with E-state index in [1.807, 2.05) is 6.07 Å². The van der Waals surface area contributed by atoms with Gasteiger partial charge < -0.3 is 25.3 Å². The van der Waals surface area contributed by atoms with Crippen molar-refractivity contribution in [1.29, 1.82) is 0 Å². The zero-order chi connectivity index (χ0) is 28.5. The van der Waals surface area contributed by atoms with E-state index in [-0.39, 0.29) is 34.2 Å². The van der Waals surface area contributed by atoms with E-state index in [0.29, 0.717) is 48.3 Å². The lowest BCUT2D eigenvalue weighted by Gasteiger charge is -2.39. The van der Waals surface area contributed by atoms with Crippen LogP contribution < -0.4 is 15.4 Å². The van der Waals surface area contributed by atoms with Crippen LogP contribution >= 0.6 is 23.2 Å². The maximum atomic E-state index is 15.1. The van der Waals surface area contributed by atoms with Crippen LogP contribution in [0.2, 0.25) is 10.0 Å². The number of hydrogen-bond acceptors (Lipinski definition) is 5. The molecule has 2 fully saturated rings. The molecule has 1 aliphatic carbocycles. The third kappa shape index (κ3) is 6.12. The number of rotatable bonds is 7. The van der Waals surface area contributed by atoms with Gasteiger partial charge in [0.2, 0.25) is 5.91 Å². The van der Waals surface area contributed by atoms with Crippen molar-refractivity contribution < 1.29 is 23.8 Å². The molecule has 1 amide bonds. The van der Waals surface area contributed by atoms with Crippen molar-refractivity contribution in [3.05, 3.63) is 63.4 Å². The Balaban J connectivity index is 1.91. The van der Waals surface area contributed by atoms with Gasteiger partial charge in [-0.15, -0.1) is 0 Å². The summed E-state index contributed by atoms with van der Waals surface area (Å²) in [7, 11) is 1.45. The molecule has 1 aliphatic heterocycles. The molecule has 4 atom stereocenters. The van der Waals surface area contributed by atoms with E-state index in [1.165, 1.54) is 19.2 Å². The van der Waals surface area contributed by atoms with Crippen molar-refractivity contribution in [2.75, 3.05) is 7.11 Å². The molecule has 9 heteroatoms. The quantitative estimate of drug-likeness (QED) is 0.374. The molecule has 0 radical (unpaired) electrons. The second kappa shape index (κ2) is 11.7. The largest absolute Gasteiger partial charge is 0.496 e. The minimum Gasteiger partial charge on any atom is -0.496 e. The Morgan fingerprint density at radius 3 is 2.49 bits per heavy atom. The van der Waals surface area contributed by atoms with Gasteiger partial charge in [-0.2, -0.15) is 0 Å². The number of amides is 1. The standard InChI is InChI=1S/C30H37Cl2FN2O4/c1-29(2,3)15-25-30(16-36,21-13-23(33)22(32)14-24(21)39-4)26(17-6-5-7-18(31)12-17)27(35-25)28(38)34-19-8-10-20(37)11-9-19/h5-7,12-14,16,19-20,25-27,35,37H,8-11,15H2,1-4H3,(H,34,38)/t19?,20?,25-,26+,27-,30-/m1/s1. The van der Waals surface area contributed by atoms with Crippen molar-refractivity contribution in [3.8, 4) is 5.75 Å². The average molecular weight is 580 g/mol. The van der Waals surface area contributed by atoms with Crippen LogP contribution in [0.4, 0.5) is 4.39 Å². The monoisotopic (exact) mass is 578 g/mol. The molecule has 2 aromatic carbocycles. The number of aliphatic hydroxyl groups excluding tert-OH is 1. The minimum absolute atomic E-state index is 0.0856. The number of aliphatic hydroxyl groups is 1. The van der Waals surface area contributed by atoms with Crippen LogP contribution in [0.1, 0.15) is 69.9 Å². The lowest BCUT2D eigenvalue weighted by molar-refractivity contribution is -0.124. The molecule has 212 valence electrons. The molecular weight excluding hydrogens is 542 g/mol. The first-order valence-corrected chi connectivity index (χ1v) is 14.1. The average Bonchev–Trinajstić information content (AvgIpc) is 3.20. The summed E-state index contributed by atoms with van der Waals surface area (Å²) in [6, 6.07) is 8.28. The van der Waals surface area contributed by atoms with E-state index in [0.717, 1.165) is 6.29 Å². The maximum Gasteiger partial charge on any atom is 0.238 e. The lowest BCUT2D eigenvalue weighted by atomic mass is 9.62. The summed E-state index contributed by atoms with van der Waals surface area (Å²) >= 11 is 12.5. The van der Waals surface area contributed by atoms with Crippen molar-refractivity contribution in [2.24, 2.45) is 5.41 Å². The third-order valence-electron chi connectivity index (χ3n) is 8.06. The Morgan fingerprint density at radius 2 is 1.90 bits per heavy atom. The van der Waals surface area contributed by atoms with Crippen molar-refractivity contribution >= 4 is 35.4 Å². The van der Waals surface area contributed by atoms with E-state index in [9.17, 15) is 14.7 Å². The van der Waals surface area contributed by atoms with Gasteiger partial charge in [-0.25, -0.2) is 4.39 Å². The highest BCUT2D eigenvalue weighted by atomic mass is 35.5. The number of aldehydes is 1. The second-order valence-electron chi connectivity index (χ2n) is 12.0. The first kappa shape index (κ1) is 29.8. The molecule has 0 aromatic heterocycles. The number of methoxy groups -OCH3 is 1. The molecule has 2 aromatic rings. The van der Waals surface area contributed by atoms with E-state index < -0.39 is 29.2 Å². The van der Waals surface area contributed by atoms with E-state index in [2.05, 4.69) is 31.4 Å². The Morgan fingerprint density at radius 1 is 1.21 bits per heavy atom. The fraction of sp³-hybridized carbons (Fsp3) is 0.533. The summed E-state index contributed by atoms with van der Waals surface area (Å²) in [5.41, 5.74) is -0.632. The van der Waals surface area contributed by atoms with Gasteiger partial charge in [0.25, 0.3) is 0 Å². The zero-order valence-corrected chi connectivity index (χ0v) is 24.3. The number of benzene rings is 2. The van der Waals surface area contributed by atoms with Crippen molar-refractivity contribution in [2.45, 2.75) is 88.4 Å². The topological polar surface area (TPSA) is 87.7 Å². The highest BCUT2D eigenvalue weighted by Gasteiger charge is 2.60. The molecule has 0 spiro atoms. The van der Waals surface area contributed by atoms with Gasteiger partial charge in [0.05, 0.1) is 29.7 Å². The van der Waals surface area contributed by atoms with Gasteiger partial charge >= 0.3 is 0 Å². The molecule has 6 nitrogen and oxygen atoms in total. The van der Waals surface area contributed by atoms with Crippen LogP contribution in [0.25, 0.3) is 0 Å². The fourth-order valence-electron chi connectivity index (χ4n) is 6.30. The summed E-state index contributed by atoms with van der Waals surface area (Å²) in [4.78, 5) is 27.5. The number of halogens is 3. The molecule has 0 unspecified atom stereocenters. The SMILES string of the molecule is COc1cc(Cl)c(F)cc1[C@]1(C=O)[C@@H](CC(C)(C)C)N[C@@H](C(=O)NC2CCC(O)CC2)[C@@H]1c1cccc(Cl)c1. The van der Waals surface area contributed by atoms with Gasteiger partial charge in [-0.1, -0.05) is 56.1 Å². The van der Waals surface area contributed by atoms with E-state index >= 15 is 4.39 Å². The van der Waals surface area contributed by atoms with Crippen LogP contribution in [0.5, 0.6) is 5.75 Å². The Kier molecular flexibility index (Phi) is 8.96. The molecule has 0 bridgehead atoms. The van der Waals surface area contributed by atoms with Crippen LogP contribution in [-0.4, -0.2) is 48.6 Å². The van der Waals surface area contributed by atoms with Crippen molar-refractivity contribution in [1.82, 2.24) is 10.6 Å². The second-order valence-corrected chi connectivity index (χ2v) is 12.9.